The molecule has 0 atom stereocenters. The molecule has 0 amide bonds. The number of hydroxylamine groups is 3. The molecule has 143 valence electrons. The molecule has 0 fully saturated rings. The fourth-order valence-electron chi connectivity index (χ4n) is 2.81. The van der Waals surface area contributed by atoms with E-state index in [9.17, 15) is 10.4 Å². The van der Waals surface area contributed by atoms with Crippen LogP contribution < -0.4 is 8.92 Å². The predicted molar refractivity (Wildman–Crippen MR) is 123 cm³/mol. The second kappa shape index (κ2) is 7.10. The number of fused-ring (bicyclic) bond motifs is 1. The zero-order chi connectivity index (χ0) is 19.7. The molecule has 4 rings (SSSR count). The Labute approximate surface area is 196 Å². The summed E-state index contributed by atoms with van der Waals surface area (Å²) < 4.78 is 8.69. The van der Waals surface area contributed by atoms with Gasteiger partial charge in [0.2, 0.25) is 0 Å². The van der Waals surface area contributed by atoms with Gasteiger partial charge in [0.05, 0.1) is 0 Å². The minimum absolute atomic E-state index is 0.231. The summed E-state index contributed by atoms with van der Waals surface area (Å²) in [5.41, 5.74) is -0.840. The maximum absolute atomic E-state index is 12.9. The van der Waals surface area contributed by atoms with Gasteiger partial charge in [-0.25, -0.2) is 0 Å². The summed E-state index contributed by atoms with van der Waals surface area (Å²) in [7, 11) is 0. The zero-order valence-electron chi connectivity index (χ0n) is 14.8. The van der Waals surface area contributed by atoms with E-state index < -0.39 is 11.1 Å². The van der Waals surface area contributed by atoms with Gasteiger partial charge < -0.3 is 0 Å². The average molecular weight is 661 g/mol. The van der Waals surface area contributed by atoms with E-state index in [-0.39, 0.29) is 20.8 Å². The molecule has 0 N–H and O–H groups in total. The van der Waals surface area contributed by atoms with Gasteiger partial charge in [0.1, 0.15) is 0 Å². The van der Waals surface area contributed by atoms with E-state index >= 15 is 0 Å². The Hall–Kier alpha value is 0.629. The summed E-state index contributed by atoms with van der Waals surface area (Å²) in [5.74, 6) is 0.231. The van der Waals surface area contributed by atoms with Crippen molar-refractivity contribution >= 4 is 100 Å². The van der Waals surface area contributed by atoms with Crippen LogP contribution in [0.5, 0.6) is 0 Å². The van der Waals surface area contributed by atoms with Crippen molar-refractivity contribution in [2.24, 2.45) is 0 Å². The summed E-state index contributed by atoms with van der Waals surface area (Å²) in [6.07, 6.45) is 0. The van der Waals surface area contributed by atoms with Crippen LogP contribution in [-0.4, -0.2) is 56.6 Å². The van der Waals surface area contributed by atoms with Crippen LogP contribution in [0.3, 0.4) is 0 Å². The van der Waals surface area contributed by atoms with E-state index in [1.807, 2.05) is 33.8 Å². The number of amidine groups is 1. The Kier molecular flexibility index (Phi) is 5.49. The van der Waals surface area contributed by atoms with Gasteiger partial charge in [-0.2, -0.15) is 0 Å². The van der Waals surface area contributed by atoms with Crippen LogP contribution in [0.15, 0.2) is 33.4 Å². The van der Waals surface area contributed by atoms with Gasteiger partial charge in [-0.3, -0.25) is 0 Å². The fraction of sp³-hybridized carbons (Fsp3) is 0.353. The monoisotopic (exact) mass is 661 g/mol. The molecule has 27 heavy (non-hydrogen) atoms. The van der Waals surface area contributed by atoms with Gasteiger partial charge in [0, 0.05) is 0 Å². The number of thioether (sulfide) groups is 2. The molecule has 4 nitrogen and oxygen atoms in total. The molecule has 3 aliphatic rings. The van der Waals surface area contributed by atoms with Crippen molar-refractivity contribution in [2.45, 2.75) is 38.8 Å². The number of benzene rings is 1. The molecule has 0 unspecified atom stereocenters. The van der Waals surface area contributed by atoms with Crippen LogP contribution in [0.4, 0.5) is 0 Å². The number of halogens is 2. The zero-order valence-corrected chi connectivity index (χ0v) is 23.1. The van der Waals surface area contributed by atoms with Gasteiger partial charge in [0.25, 0.3) is 0 Å². The molecule has 0 spiro atoms. The Morgan fingerprint density at radius 3 is 2.22 bits per heavy atom. The summed E-state index contributed by atoms with van der Waals surface area (Å²) in [6, 6.07) is 6.11. The Bertz CT molecular complexity index is 944. The first kappa shape index (κ1) is 20.9. The van der Waals surface area contributed by atoms with Crippen LogP contribution in [0.25, 0.3) is 0 Å². The van der Waals surface area contributed by atoms with Gasteiger partial charge in [0.15, 0.2) is 0 Å². The second-order valence-electron chi connectivity index (χ2n) is 7.22. The van der Waals surface area contributed by atoms with E-state index in [4.69, 9.17) is 0 Å². The van der Waals surface area contributed by atoms with Crippen LogP contribution in [0, 0.1) is 5.21 Å². The summed E-state index contributed by atoms with van der Waals surface area (Å²) >= 11 is 11.3. The third-order valence-corrected chi connectivity index (χ3v) is 17.8. The quantitative estimate of drug-likeness (QED) is 0.264. The van der Waals surface area contributed by atoms with Crippen molar-refractivity contribution < 1.29 is 9.95 Å². The van der Waals surface area contributed by atoms with Gasteiger partial charge >= 0.3 is 198 Å². The number of hydrogen-bond acceptors (Lipinski definition) is 4. The van der Waals surface area contributed by atoms with E-state index in [0.717, 1.165) is 23.0 Å². The van der Waals surface area contributed by atoms with E-state index in [2.05, 4.69) is 44.0 Å². The molecular weight excluding hydrogens is 646 g/mol. The Morgan fingerprint density at radius 2 is 1.67 bits per heavy atom. The van der Waals surface area contributed by atoms with Gasteiger partial charge in [-0.1, -0.05) is 0 Å². The maximum atomic E-state index is 12.9. The van der Waals surface area contributed by atoms with Crippen molar-refractivity contribution in [1.29, 1.82) is 0 Å². The second-order valence-corrected chi connectivity index (χ2v) is 17.9. The molecule has 0 bridgehead atoms. The Morgan fingerprint density at radius 1 is 1.07 bits per heavy atom. The number of rotatable bonds is 1. The molecule has 1 aromatic rings. The summed E-state index contributed by atoms with van der Waals surface area (Å²) in [6.45, 7) is 7.33. The Balaban J connectivity index is 1.69. The van der Waals surface area contributed by atoms with Crippen LogP contribution >= 0.6 is 55.4 Å². The fourth-order valence-corrected chi connectivity index (χ4v) is 14.3. The van der Waals surface area contributed by atoms with E-state index in [0.29, 0.717) is 15.0 Å². The standard InChI is InChI=1S/C17H15Br2N2O2S2Se2/c1-16(2)17(3,4)21(23)13(20(16)22)8-5-6-9-10(7-8)27-15(26-9)14-24-11(18)12(19)25-14/h5-7H,1-4H3. The molecule has 0 saturated carbocycles. The topological polar surface area (TPSA) is 49.2 Å². The van der Waals surface area contributed by atoms with E-state index in [1.54, 1.807) is 23.5 Å². The van der Waals surface area contributed by atoms with Gasteiger partial charge in [-0.05, 0) is 0 Å². The van der Waals surface area contributed by atoms with Crippen molar-refractivity contribution in [1.82, 2.24) is 5.06 Å². The summed E-state index contributed by atoms with van der Waals surface area (Å²) in [4.78, 5) is 0. The first-order valence-corrected chi connectivity index (χ1v) is 14.7. The minimum atomic E-state index is -0.785. The van der Waals surface area contributed by atoms with Crippen LogP contribution in [0.1, 0.15) is 33.3 Å². The van der Waals surface area contributed by atoms with E-state index in [1.165, 1.54) is 16.5 Å². The molecule has 3 heterocycles. The number of nitrogens with zero attached hydrogens (tertiary/aromatic N) is 2. The SMILES string of the molecule is CC1(C)N([O])C(c2ccc3c(c2)[Se]C(=C2SC(Br)=C(Br)S2)[Se]3)=[N+]([O-])C1(C)C. The molecule has 0 saturated heterocycles. The van der Waals surface area contributed by atoms with Crippen molar-refractivity contribution in [3.63, 3.8) is 0 Å². The predicted octanol–water partition coefficient (Wildman–Crippen LogP) is 3.36. The van der Waals surface area contributed by atoms with Crippen molar-refractivity contribution in [2.75, 3.05) is 0 Å². The first-order valence-electron chi connectivity index (χ1n) is 8.01. The van der Waals surface area contributed by atoms with Crippen LogP contribution in [-0.2, 0) is 5.21 Å². The third-order valence-electron chi connectivity index (χ3n) is 5.19. The molecule has 10 heteroatoms. The molecule has 1 aromatic carbocycles. The van der Waals surface area contributed by atoms with Crippen molar-refractivity contribution in [3.8, 4) is 0 Å². The van der Waals surface area contributed by atoms with Gasteiger partial charge in [-0.15, -0.1) is 0 Å². The normalized spacial score (nSPS) is 23.7. The molecular formula is C17H15Br2N2O2S2Se2. The molecule has 1 radical (unpaired) electrons. The van der Waals surface area contributed by atoms with Crippen LogP contribution in [0.2, 0.25) is 0 Å². The molecule has 0 aromatic heterocycles. The molecule has 3 aliphatic heterocycles. The first-order chi connectivity index (χ1) is 12.5. The molecule has 0 aliphatic carbocycles. The number of hydrogen-bond donors (Lipinski definition) is 0. The van der Waals surface area contributed by atoms with Crippen molar-refractivity contribution in [3.05, 3.63) is 44.2 Å². The summed E-state index contributed by atoms with van der Waals surface area (Å²) in [5, 5.41) is 26.7. The average Bonchev–Trinajstić information content (AvgIpc) is 3.20. The third kappa shape index (κ3) is 3.24.